The summed E-state index contributed by atoms with van der Waals surface area (Å²) >= 11 is 0. The molecule has 0 amide bonds. The number of ether oxygens (including phenoxy) is 1. The van der Waals surface area contributed by atoms with Crippen LogP contribution in [0.5, 0.6) is 0 Å². The molecular formula is C14H15NO2. The Morgan fingerprint density at radius 2 is 2.41 bits per heavy atom. The van der Waals surface area contributed by atoms with Crippen LogP contribution in [0.15, 0.2) is 24.3 Å². The number of carbonyl (C=O) groups excluding carboxylic acids is 1. The number of aryl methyl sites for hydroxylation is 1. The Bertz CT molecular complexity index is 456. The predicted molar refractivity (Wildman–Crippen MR) is 63.5 cm³/mol. The van der Waals surface area contributed by atoms with Crippen LogP contribution in [-0.2, 0) is 9.53 Å². The summed E-state index contributed by atoms with van der Waals surface area (Å²) in [6.45, 7) is 3.05. The molecule has 3 nitrogen and oxygen atoms in total. The smallest absolute Gasteiger partial charge is 0.159 e. The highest BCUT2D eigenvalue weighted by molar-refractivity contribution is 5.90. The monoisotopic (exact) mass is 229 g/mol. The summed E-state index contributed by atoms with van der Waals surface area (Å²) in [5.74, 6) is -0.766. The van der Waals surface area contributed by atoms with Gasteiger partial charge in [0.25, 0.3) is 0 Å². The van der Waals surface area contributed by atoms with Gasteiger partial charge < -0.3 is 4.74 Å². The second kappa shape index (κ2) is 5.11. The highest BCUT2D eigenvalue weighted by Gasteiger charge is 2.30. The molecule has 0 aliphatic carbocycles. The van der Waals surface area contributed by atoms with E-state index >= 15 is 0 Å². The first kappa shape index (κ1) is 11.8. The van der Waals surface area contributed by atoms with Crippen molar-refractivity contribution in [3.63, 3.8) is 0 Å². The molecule has 2 unspecified atom stereocenters. The van der Waals surface area contributed by atoms with Crippen molar-refractivity contribution in [1.82, 2.24) is 0 Å². The van der Waals surface area contributed by atoms with E-state index < -0.39 is 5.92 Å². The molecule has 1 aromatic rings. The van der Waals surface area contributed by atoms with Crippen LogP contribution in [0, 0.1) is 24.2 Å². The second-order valence-electron chi connectivity index (χ2n) is 4.44. The summed E-state index contributed by atoms with van der Waals surface area (Å²) < 4.78 is 5.20. The molecule has 88 valence electrons. The fourth-order valence-corrected chi connectivity index (χ4v) is 2.15. The Kier molecular flexibility index (Phi) is 3.55. The van der Waals surface area contributed by atoms with Gasteiger partial charge in [0.05, 0.1) is 12.7 Å². The predicted octanol–water partition coefficient (Wildman–Crippen LogP) is 2.21. The van der Waals surface area contributed by atoms with Crippen molar-refractivity contribution in [2.75, 3.05) is 13.2 Å². The minimum absolute atomic E-state index is 0.00407. The molecule has 0 aromatic heterocycles. The van der Waals surface area contributed by atoms with Gasteiger partial charge in [-0.15, -0.1) is 0 Å². The number of Topliss-reactive ketones (excluding diaryl/α,β-unsaturated/α-hetero) is 1. The maximum absolute atomic E-state index is 12.2. The van der Waals surface area contributed by atoms with Gasteiger partial charge in [-0.3, -0.25) is 4.79 Å². The van der Waals surface area contributed by atoms with Gasteiger partial charge in [0.1, 0.15) is 5.92 Å². The number of carbonyl (C=O) groups is 1. The molecule has 1 aliphatic heterocycles. The summed E-state index contributed by atoms with van der Waals surface area (Å²) in [5, 5.41) is 9.19. The zero-order valence-corrected chi connectivity index (χ0v) is 9.85. The number of nitriles is 1. The van der Waals surface area contributed by atoms with E-state index in [0.29, 0.717) is 13.2 Å². The minimum atomic E-state index is -0.651. The summed E-state index contributed by atoms with van der Waals surface area (Å²) in [6, 6.07) is 9.71. The lowest BCUT2D eigenvalue weighted by molar-refractivity contribution is -0.123. The lowest BCUT2D eigenvalue weighted by atomic mass is 9.87. The number of rotatable bonds is 3. The van der Waals surface area contributed by atoms with E-state index in [1.165, 1.54) is 0 Å². The van der Waals surface area contributed by atoms with Crippen molar-refractivity contribution in [3.8, 4) is 6.07 Å². The van der Waals surface area contributed by atoms with E-state index in [-0.39, 0.29) is 11.7 Å². The quantitative estimate of drug-likeness (QED) is 0.798. The van der Waals surface area contributed by atoms with Crippen molar-refractivity contribution < 1.29 is 9.53 Å². The van der Waals surface area contributed by atoms with E-state index in [9.17, 15) is 10.1 Å². The normalized spacial score (nSPS) is 20.8. The van der Waals surface area contributed by atoms with Crippen molar-refractivity contribution in [2.24, 2.45) is 5.92 Å². The number of hydrogen-bond donors (Lipinski definition) is 0. The van der Waals surface area contributed by atoms with Gasteiger partial charge >= 0.3 is 0 Å². The molecule has 0 spiro atoms. The average molecular weight is 229 g/mol. The highest BCUT2D eigenvalue weighted by atomic mass is 16.5. The number of ketones is 1. The Hall–Kier alpha value is -1.66. The molecule has 1 aliphatic rings. The topological polar surface area (TPSA) is 50.1 Å². The first-order valence-electron chi connectivity index (χ1n) is 5.80. The van der Waals surface area contributed by atoms with Gasteiger partial charge in [0.15, 0.2) is 5.78 Å². The molecule has 0 saturated carbocycles. The third-order valence-electron chi connectivity index (χ3n) is 3.12. The van der Waals surface area contributed by atoms with Crippen molar-refractivity contribution in [1.29, 1.82) is 5.26 Å². The lowest BCUT2D eigenvalue weighted by Gasteiger charge is -2.12. The van der Waals surface area contributed by atoms with E-state index in [1.807, 2.05) is 31.2 Å². The molecule has 1 fully saturated rings. The Balaban J connectivity index is 2.21. The molecule has 0 radical (unpaired) electrons. The maximum Gasteiger partial charge on any atom is 0.159 e. The zero-order chi connectivity index (χ0) is 12.3. The van der Waals surface area contributed by atoms with Gasteiger partial charge in [-0.05, 0) is 18.9 Å². The fraction of sp³-hybridized carbons (Fsp3) is 0.429. The third kappa shape index (κ3) is 2.54. The molecule has 1 saturated heterocycles. The Morgan fingerprint density at radius 3 is 3.00 bits per heavy atom. The van der Waals surface area contributed by atoms with Gasteiger partial charge in [-0.2, -0.15) is 5.26 Å². The van der Waals surface area contributed by atoms with E-state index in [0.717, 1.165) is 17.5 Å². The minimum Gasteiger partial charge on any atom is -0.381 e. The molecule has 17 heavy (non-hydrogen) atoms. The second-order valence-corrected chi connectivity index (χ2v) is 4.44. The van der Waals surface area contributed by atoms with Crippen LogP contribution in [0.2, 0.25) is 0 Å². The SMILES string of the molecule is Cc1cccc(C(C#N)C(=O)C2CCOC2)c1. The Labute approximate surface area is 101 Å². The number of hydrogen-bond acceptors (Lipinski definition) is 3. The van der Waals surface area contributed by atoms with Crippen LogP contribution in [0.25, 0.3) is 0 Å². The van der Waals surface area contributed by atoms with E-state index in [4.69, 9.17) is 4.74 Å². The van der Waals surface area contributed by atoms with Crippen LogP contribution >= 0.6 is 0 Å². The van der Waals surface area contributed by atoms with Gasteiger partial charge in [-0.25, -0.2) is 0 Å². The summed E-state index contributed by atoms with van der Waals surface area (Å²) in [5.41, 5.74) is 1.86. The van der Waals surface area contributed by atoms with Gasteiger partial charge in [-0.1, -0.05) is 29.8 Å². The van der Waals surface area contributed by atoms with Crippen molar-refractivity contribution in [3.05, 3.63) is 35.4 Å². The summed E-state index contributed by atoms with van der Waals surface area (Å²) in [7, 11) is 0. The van der Waals surface area contributed by atoms with Crippen molar-refractivity contribution in [2.45, 2.75) is 19.3 Å². The van der Waals surface area contributed by atoms with Gasteiger partial charge in [0.2, 0.25) is 0 Å². The van der Waals surface area contributed by atoms with Crippen LogP contribution in [0.3, 0.4) is 0 Å². The molecule has 1 aromatic carbocycles. The highest BCUT2D eigenvalue weighted by Crippen LogP contribution is 2.25. The first-order valence-corrected chi connectivity index (χ1v) is 5.80. The van der Waals surface area contributed by atoms with Crippen LogP contribution in [-0.4, -0.2) is 19.0 Å². The lowest BCUT2D eigenvalue weighted by Crippen LogP contribution is -2.21. The molecule has 0 bridgehead atoms. The Morgan fingerprint density at radius 1 is 1.59 bits per heavy atom. The molecular weight excluding hydrogens is 214 g/mol. The molecule has 2 rings (SSSR count). The first-order chi connectivity index (χ1) is 8.22. The van der Waals surface area contributed by atoms with Crippen LogP contribution < -0.4 is 0 Å². The fourth-order valence-electron chi connectivity index (χ4n) is 2.15. The number of nitrogens with zero attached hydrogens (tertiary/aromatic N) is 1. The molecule has 2 atom stereocenters. The maximum atomic E-state index is 12.2. The third-order valence-corrected chi connectivity index (χ3v) is 3.12. The van der Waals surface area contributed by atoms with E-state index in [2.05, 4.69) is 6.07 Å². The zero-order valence-electron chi connectivity index (χ0n) is 9.85. The standard InChI is InChI=1S/C14H15NO2/c1-10-3-2-4-11(7-10)13(8-15)14(16)12-5-6-17-9-12/h2-4,7,12-13H,5-6,9H2,1H3. The van der Waals surface area contributed by atoms with Gasteiger partial charge in [0, 0.05) is 12.5 Å². The van der Waals surface area contributed by atoms with Crippen LogP contribution in [0.1, 0.15) is 23.5 Å². The average Bonchev–Trinajstić information content (AvgIpc) is 2.83. The molecule has 1 heterocycles. The molecule has 0 N–H and O–H groups in total. The van der Waals surface area contributed by atoms with E-state index in [1.54, 1.807) is 0 Å². The van der Waals surface area contributed by atoms with Crippen molar-refractivity contribution >= 4 is 5.78 Å². The summed E-state index contributed by atoms with van der Waals surface area (Å²) in [6.07, 6.45) is 0.739. The largest absolute Gasteiger partial charge is 0.381 e. The number of benzene rings is 1. The molecule has 3 heteroatoms. The van der Waals surface area contributed by atoms with Crippen LogP contribution in [0.4, 0.5) is 0 Å². The summed E-state index contributed by atoms with van der Waals surface area (Å²) in [4.78, 5) is 12.2.